The van der Waals surface area contributed by atoms with Gasteiger partial charge >= 0.3 is 0 Å². The highest BCUT2D eigenvalue weighted by atomic mass is 16.3. The van der Waals surface area contributed by atoms with E-state index in [-0.39, 0.29) is 0 Å². The summed E-state index contributed by atoms with van der Waals surface area (Å²) < 4.78 is 0. The van der Waals surface area contributed by atoms with Crippen molar-refractivity contribution in [2.24, 2.45) is 5.92 Å². The van der Waals surface area contributed by atoms with Gasteiger partial charge in [0.15, 0.2) is 0 Å². The van der Waals surface area contributed by atoms with Gasteiger partial charge in [0.25, 0.3) is 0 Å². The molecule has 0 aromatic heterocycles. The van der Waals surface area contributed by atoms with E-state index < -0.39 is 0 Å². The molecule has 80 valence electrons. The summed E-state index contributed by atoms with van der Waals surface area (Å²) >= 11 is 0. The Bertz CT molecular complexity index is 369. The third-order valence-corrected chi connectivity index (χ3v) is 3.85. The molecule has 2 nitrogen and oxygen atoms in total. The fourth-order valence-electron chi connectivity index (χ4n) is 3.07. The average Bonchev–Trinajstić information content (AvgIpc) is 2.83. The first-order valence-electron chi connectivity index (χ1n) is 5.90. The summed E-state index contributed by atoms with van der Waals surface area (Å²) in [5.74, 6) is 1.19. The Kier molecular flexibility index (Phi) is 2.17. The minimum Gasteiger partial charge on any atom is -0.508 e. The van der Waals surface area contributed by atoms with Crippen LogP contribution in [0.15, 0.2) is 18.2 Å². The van der Waals surface area contributed by atoms with Crippen LogP contribution in [-0.4, -0.2) is 5.11 Å². The van der Waals surface area contributed by atoms with Crippen molar-refractivity contribution in [2.45, 2.75) is 38.3 Å². The van der Waals surface area contributed by atoms with Crippen LogP contribution in [0.2, 0.25) is 0 Å². The number of fused-ring (bicyclic) bond motifs is 1. The number of phenols is 1. The second kappa shape index (κ2) is 3.53. The van der Waals surface area contributed by atoms with E-state index in [2.05, 4.69) is 5.32 Å². The van der Waals surface area contributed by atoms with Crippen LogP contribution in [0.25, 0.3) is 0 Å². The van der Waals surface area contributed by atoms with Gasteiger partial charge in [-0.1, -0.05) is 18.9 Å². The lowest BCUT2D eigenvalue weighted by Gasteiger charge is -2.19. The Hall–Kier alpha value is -1.02. The lowest BCUT2D eigenvalue weighted by atomic mass is 9.92. The van der Waals surface area contributed by atoms with Gasteiger partial charge in [-0.25, -0.2) is 0 Å². The zero-order valence-corrected chi connectivity index (χ0v) is 8.87. The monoisotopic (exact) mass is 203 g/mol. The van der Waals surface area contributed by atoms with E-state index in [9.17, 15) is 5.11 Å². The third kappa shape index (κ3) is 1.53. The molecule has 1 fully saturated rings. The summed E-state index contributed by atoms with van der Waals surface area (Å²) in [6, 6.07) is 6.28. The van der Waals surface area contributed by atoms with Gasteiger partial charge in [-0.2, -0.15) is 0 Å². The van der Waals surface area contributed by atoms with E-state index in [0.29, 0.717) is 11.8 Å². The van der Waals surface area contributed by atoms with Crippen LogP contribution in [0.3, 0.4) is 0 Å². The Morgan fingerprint density at radius 2 is 2.00 bits per heavy atom. The smallest absolute Gasteiger partial charge is 0.115 e. The van der Waals surface area contributed by atoms with Crippen molar-refractivity contribution >= 4 is 0 Å². The average molecular weight is 203 g/mol. The number of aromatic hydroxyl groups is 1. The molecule has 15 heavy (non-hydrogen) atoms. The summed E-state index contributed by atoms with van der Waals surface area (Å²) in [7, 11) is 0. The van der Waals surface area contributed by atoms with Crippen LogP contribution in [-0.2, 0) is 6.54 Å². The lowest BCUT2D eigenvalue weighted by molar-refractivity contribution is 0.389. The van der Waals surface area contributed by atoms with Crippen LogP contribution in [0.1, 0.15) is 42.9 Å². The zero-order valence-electron chi connectivity index (χ0n) is 8.87. The number of nitrogens with one attached hydrogen (secondary N) is 1. The molecule has 3 rings (SSSR count). The number of hydrogen-bond acceptors (Lipinski definition) is 2. The van der Waals surface area contributed by atoms with Crippen molar-refractivity contribution in [3.05, 3.63) is 29.3 Å². The molecule has 1 atom stereocenters. The molecule has 1 saturated carbocycles. The minimum atomic E-state index is 0.403. The SMILES string of the molecule is Oc1ccc2c(c1)C(C1CCCC1)NC2. The Morgan fingerprint density at radius 3 is 2.80 bits per heavy atom. The molecule has 2 aliphatic rings. The van der Waals surface area contributed by atoms with Gasteiger partial charge in [0.1, 0.15) is 5.75 Å². The minimum absolute atomic E-state index is 0.403. The number of hydrogen-bond donors (Lipinski definition) is 2. The summed E-state index contributed by atoms with van der Waals surface area (Å²) in [6.07, 6.45) is 5.42. The summed E-state index contributed by atoms with van der Waals surface area (Å²) in [5, 5.41) is 13.1. The largest absolute Gasteiger partial charge is 0.508 e. The first-order chi connectivity index (χ1) is 7.34. The van der Waals surface area contributed by atoms with E-state index >= 15 is 0 Å². The number of rotatable bonds is 1. The molecule has 0 bridgehead atoms. The molecule has 1 aromatic carbocycles. The van der Waals surface area contributed by atoms with Gasteiger partial charge in [-0.3, -0.25) is 0 Å². The van der Waals surface area contributed by atoms with E-state index in [1.54, 1.807) is 6.07 Å². The normalized spacial score (nSPS) is 25.7. The van der Waals surface area contributed by atoms with E-state index in [1.165, 1.54) is 36.8 Å². The van der Waals surface area contributed by atoms with Gasteiger partial charge in [-0.05, 0) is 42.0 Å². The highest BCUT2D eigenvalue weighted by molar-refractivity contribution is 5.40. The van der Waals surface area contributed by atoms with Gasteiger partial charge < -0.3 is 10.4 Å². The van der Waals surface area contributed by atoms with Gasteiger partial charge in [-0.15, -0.1) is 0 Å². The predicted octanol–water partition coefficient (Wildman–Crippen LogP) is 2.73. The second-order valence-electron chi connectivity index (χ2n) is 4.79. The lowest BCUT2D eigenvalue weighted by Crippen LogP contribution is -2.19. The molecular weight excluding hydrogens is 186 g/mol. The van der Waals surface area contributed by atoms with Crippen LogP contribution in [0.4, 0.5) is 0 Å². The van der Waals surface area contributed by atoms with Crippen molar-refractivity contribution in [3.63, 3.8) is 0 Å². The molecule has 1 aliphatic carbocycles. The fourth-order valence-corrected chi connectivity index (χ4v) is 3.07. The van der Waals surface area contributed by atoms with Crippen molar-refractivity contribution in [1.29, 1.82) is 0 Å². The quantitative estimate of drug-likeness (QED) is 0.735. The molecule has 1 heterocycles. The van der Waals surface area contributed by atoms with Gasteiger partial charge in [0.05, 0.1) is 0 Å². The molecule has 1 aromatic rings. The first kappa shape index (κ1) is 9.22. The number of benzene rings is 1. The Labute approximate surface area is 90.3 Å². The fraction of sp³-hybridized carbons (Fsp3) is 0.538. The van der Waals surface area contributed by atoms with Crippen LogP contribution >= 0.6 is 0 Å². The molecule has 1 aliphatic heterocycles. The Balaban J connectivity index is 1.92. The molecule has 0 radical (unpaired) electrons. The highest BCUT2D eigenvalue weighted by Gasteiger charge is 2.31. The third-order valence-electron chi connectivity index (χ3n) is 3.85. The van der Waals surface area contributed by atoms with E-state index in [0.717, 1.165) is 12.5 Å². The van der Waals surface area contributed by atoms with Crippen LogP contribution < -0.4 is 5.32 Å². The van der Waals surface area contributed by atoms with Gasteiger partial charge in [0, 0.05) is 12.6 Å². The molecule has 2 N–H and O–H groups in total. The molecule has 2 heteroatoms. The van der Waals surface area contributed by atoms with Crippen molar-refractivity contribution in [2.75, 3.05) is 0 Å². The maximum Gasteiger partial charge on any atom is 0.115 e. The second-order valence-corrected chi connectivity index (χ2v) is 4.79. The summed E-state index contributed by atoms with van der Waals surface area (Å²) in [6.45, 7) is 0.969. The summed E-state index contributed by atoms with van der Waals surface area (Å²) in [4.78, 5) is 0. The van der Waals surface area contributed by atoms with Crippen molar-refractivity contribution in [3.8, 4) is 5.75 Å². The number of phenolic OH excluding ortho intramolecular Hbond substituents is 1. The topological polar surface area (TPSA) is 32.3 Å². The van der Waals surface area contributed by atoms with E-state index in [4.69, 9.17) is 0 Å². The molecule has 1 unspecified atom stereocenters. The standard InChI is InChI=1S/C13H17NO/c15-11-6-5-10-8-14-13(12(10)7-11)9-3-1-2-4-9/h5-7,9,13-15H,1-4,8H2. The van der Waals surface area contributed by atoms with Crippen LogP contribution in [0.5, 0.6) is 5.75 Å². The molecular formula is C13H17NO. The predicted molar refractivity (Wildman–Crippen MR) is 59.6 cm³/mol. The summed E-state index contributed by atoms with van der Waals surface area (Å²) in [5.41, 5.74) is 2.70. The molecule has 0 spiro atoms. The maximum absolute atomic E-state index is 9.53. The highest BCUT2D eigenvalue weighted by Crippen LogP contribution is 2.40. The van der Waals surface area contributed by atoms with Gasteiger partial charge in [0.2, 0.25) is 0 Å². The maximum atomic E-state index is 9.53. The zero-order chi connectivity index (χ0) is 10.3. The van der Waals surface area contributed by atoms with Crippen LogP contribution in [0, 0.1) is 5.92 Å². The van der Waals surface area contributed by atoms with E-state index in [1.807, 2.05) is 12.1 Å². The molecule has 0 saturated heterocycles. The Morgan fingerprint density at radius 1 is 1.20 bits per heavy atom. The van der Waals surface area contributed by atoms with Crippen molar-refractivity contribution in [1.82, 2.24) is 5.32 Å². The van der Waals surface area contributed by atoms with Crippen molar-refractivity contribution < 1.29 is 5.11 Å². The molecule has 0 amide bonds. The first-order valence-corrected chi connectivity index (χ1v) is 5.90.